The largest absolute Gasteiger partial charge is 0.329 e. The van der Waals surface area contributed by atoms with E-state index in [0.717, 1.165) is 12.1 Å². The summed E-state index contributed by atoms with van der Waals surface area (Å²) in [4.78, 5) is 10.7. The topological polar surface area (TPSA) is 29.1 Å². The molecule has 1 N–H and O–H groups in total. The van der Waals surface area contributed by atoms with Gasteiger partial charge < -0.3 is 5.32 Å². The van der Waals surface area contributed by atoms with Gasteiger partial charge in [-0.15, -0.1) is 0 Å². The Hall–Kier alpha value is -1.05. The zero-order valence-corrected chi connectivity index (χ0v) is 5.42. The van der Waals surface area contributed by atoms with Crippen LogP contribution in [0.3, 0.4) is 0 Å². The van der Waals surface area contributed by atoms with Crippen LogP contribution in [0.25, 0.3) is 0 Å². The van der Waals surface area contributed by atoms with Gasteiger partial charge in [-0.25, -0.2) is 0 Å². The van der Waals surface area contributed by atoms with Crippen LogP contribution >= 0.6 is 0 Å². The molecular weight excluding hydrogens is 126 g/mol. The SMILES string of the molecule is O=C1[C]C2CC=CC=C2N1. The van der Waals surface area contributed by atoms with Crippen LogP contribution in [-0.2, 0) is 4.79 Å². The van der Waals surface area contributed by atoms with Gasteiger partial charge in [-0.2, -0.15) is 0 Å². The Morgan fingerprint density at radius 3 is 3.40 bits per heavy atom. The molecule has 0 bridgehead atoms. The van der Waals surface area contributed by atoms with Crippen LogP contribution in [0.5, 0.6) is 0 Å². The molecule has 1 heterocycles. The van der Waals surface area contributed by atoms with Gasteiger partial charge in [-0.05, 0) is 12.5 Å². The maximum atomic E-state index is 10.7. The van der Waals surface area contributed by atoms with Gasteiger partial charge >= 0.3 is 0 Å². The summed E-state index contributed by atoms with van der Waals surface area (Å²) in [6.45, 7) is 0. The van der Waals surface area contributed by atoms with Gasteiger partial charge in [-0.1, -0.05) is 12.2 Å². The van der Waals surface area contributed by atoms with Crippen molar-refractivity contribution in [2.24, 2.45) is 5.92 Å². The van der Waals surface area contributed by atoms with E-state index in [9.17, 15) is 4.79 Å². The highest BCUT2D eigenvalue weighted by Gasteiger charge is 2.27. The fourth-order valence-corrected chi connectivity index (χ4v) is 1.22. The highest BCUT2D eigenvalue weighted by atomic mass is 16.1. The summed E-state index contributed by atoms with van der Waals surface area (Å²) in [7, 11) is 0. The fraction of sp³-hybridized carbons (Fsp3) is 0.250. The highest BCUT2D eigenvalue weighted by molar-refractivity contribution is 5.90. The second kappa shape index (κ2) is 1.97. The summed E-state index contributed by atoms with van der Waals surface area (Å²) in [5.41, 5.74) is 0.993. The molecule has 1 aliphatic heterocycles. The molecule has 1 amide bonds. The average molecular weight is 133 g/mol. The fourth-order valence-electron chi connectivity index (χ4n) is 1.22. The zero-order valence-electron chi connectivity index (χ0n) is 5.42. The summed E-state index contributed by atoms with van der Waals surface area (Å²) < 4.78 is 0. The summed E-state index contributed by atoms with van der Waals surface area (Å²) in [5.74, 6) is 0.123. The van der Waals surface area contributed by atoms with E-state index in [4.69, 9.17) is 0 Å². The van der Waals surface area contributed by atoms with Crippen molar-refractivity contribution in [3.63, 3.8) is 0 Å². The minimum Gasteiger partial charge on any atom is -0.329 e. The standard InChI is InChI=1S/C8H7NO/c10-8-5-6-3-1-2-4-7(6)9-8/h1-2,4,6H,3H2,(H,9,10). The number of amides is 1. The summed E-state index contributed by atoms with van der Waals surface area (Å²) in [6.07, 6.45) is 9.62. The molecule has 1 aliphatic carbocycles. The predicted octanol–water partition coefficient (Wildman–Crippen LogP) is 0.657. The number of hydrogen-bond acceptors (Lipinski definition) is 1. The Labute approximate surface area is 59.6 Å². The van der Waals surface area contributed by atoms with Gasteiger partial charge in [0.1, 0.15) is 0 Å². The summed E-state index contributed by atoms with van der Waals surface area (Å²) in [6, 6.07) is 0. The lowest BCUT2D eigenvalue weighted by Gasteiger charge is -2.08. The smallest absolute Gasteiger partial charge is 0.233 e. The quantitative estimate of drug-likeness (QED) is 0.516. The summed E-state index contributed by atoms with van der Waals surface area (Å²) in [5, 5.41) is 2.72. The van der Waals surface area contributed by atoms with E-state index in [1.54, 1.807) is 0 Å². The second-order valence-electron chi connectivity index (χ2n) is 2.44. The van der Waals surface area contributed by atoms with Crippen LogP contribution in [0, 0.1) is 12.3 Å². The molecule has 0 aromatic heterocycles. The van der Waals surface area contributed by atoms with Crippen molar-refractivity contribution >= 4 is 5.91 Å². The molecule has 50 valence electrons. The van der Waals surface area contributed by atoms with E-state index in [1.807, 2.05) is 18.2 Å². The molecule has 1 unspecified atom stereocenters. The van der Waals surface area contributed by atoms with Crippen LogP contribution in [0.1, 0.15) is 6.42 Å². The van der Waals surface area contributed by atoms with Crippen molar-refractivity contribution < 1.29 is 4.79 Å². The molecule has 2 rings (SSSR count). The first kappa shape index (κ1) is 5.71. The van der Waals surface area contributed by atoms with Crippen molar-refractivity contribution in [3.05, 3.63) is 30.3 Å². The molecule has 0 aromatic rings. The Morgan fingerprint density at radius 2 is 2.60 bits per heavy atom. The molecule has 1 saturated heterocycles. The number of allylic oxidation sites excluding steroid dienone is 4. The lowest BCUT2D eigenvalue weighted by molar-refractivity contribution is -0.116. The van der Waals surface area contributed by atoms with Crippen molar-refractivity contribution in [3.8, 4) is 0 Å². The first-order valence-electron chi connectivity index (χ1n) is 3.30. The van der Waals surface area contributed by atoms with E-state index in [2.05, 4.69) is 11.7 Å². The zero-order chi connectivity index (χ0) is 6.97. The minimum atomic E-state index is -0.0834. The number of carbonyl (C=O) groups excluding carboxylic acids is 1. The number of rotatable bonds is 0. The Morgan fingerprint density at radius 1 is 1.70 bits per heavy atom. The number of hydrogen-bond donors (Lipinski definition) is 1. The van der Waals surface area contributed by atoms with E-state index < -0.39 is 0 Å². The predicted molar refractivity (Wildman–Crippen MR) is 36.7 cm³/mol. The molecule has 10 heavy (non-hydrogen) atoms. The highest BCUT2D eigenvalue weighted by Crippen LogP contribution is 2.25. The van der Waals surface area contributed by atoms with Gasteiger partial charge in [-0.3, -0.25) is 4.79 Å². The van der Waals surface area contributed by atoms with Gasteiger partial charge in [0.15, 0.2) is 0 Å². The third kappa shape index (κ3) is 0.764. The monoisotopic (exact) mass is 133 g/mol. The molecular formula is C8H7NO. The molecule has 1 atom stereocenters. The van der Waals surface area contributed by atoms with Gasteiger partial charge in [0.2, 0.25) is 5.91 Å². The first-order chi connectivity index (χ1) is 4.86. The van der Waals surface area contributed by atoms with Gasteiger partial charge in [0, 0.05) is 11.6 Å². The lowest BCUT2D eigenvalue weighted by Crippen LogP contribution is -2.12. The van der Waals surface area contributed by atoms with E-state index >= 15 is 0 Å². The number of nitrogens with one attached hydrogen (secondary N) is 1. The number of carbonyl (C=O) groups is 1. The van der Waals surface area contributed by atoms with Crippen molar-refractivity contribution in [1.29, 1.82) is 0 Å². The molecule has 2 aliphatic rings. The minimum absolute atomic E-state index is 0.0834. The van der Waals surface area contributed by atoms with Crippen molar-refractivity contribution in [2.45, 2.75) is 6.42 Å². The maximum absolute atomic E-state index is 10.7. The lowest BCUT2D eigenvalue weighted by atomic mass is 9.97. The van der Waals surface area contributed by atoms with Gasteiger partial charge in [0.05, 0.1) is 6.42 Å². The van der Waals surface area contributed by atoms with E-state index in [-0.39, 0.29) is 11.8 Å². The molecule has 1 fully saturated rings. The molecule has 0 saturated carbocycles. The maximum Gasteiger partial charge on any atom is 0.233 e. The molecule has 0 aromatic carbocycles. The first-order valence-corrected chi connectivity index (χ1v) is 3.30. The van der Waals surface area contributed by atoms with Gasteiger partial charge in [0.25, 0.3) is 0 Å². The second-order valence-corrected chi connectivity index (χ2v) is 2.44. The Balaban J connectivity index is 2.26. The average Bonchev–Trinajstić information content (AvgIpc) is 2.27. The molecule has 2 radical (unpaired) electrons. The number of fused-ring (bicyclic) bond motifs is 1. The van der Waals surface area contributed by atoms with Crippen LogP contribution in [0.2, 0.25) is 0 Å². The third-order valence-corrected chi connectivity index (χ3v) is 1.72. The van der Waals surface area contributed by atoms with Crippen LogP contribution in [0.4, 0.5) is 0 Å². The van der Waals surface area contributed by atoms with Crippen molar-refractivity contribution in [1.82, 2.24) is 5.32 Å². The van der Waals surface area contributed by atoms with E-state index in [1.165, 1.54) is 0 Å². The molecule has 2 heteroatoms. The Bertz CT molecular complexity index is 227. The normalized spacial score (nSPS) is 29.4. The molecule has 2 nitrogen and oxygen atoms in total. The van der Waals surface area contributed by atoms with Crippen molar-refractivity contribution in [2.75, 3.05) is 0 Å². The summed E-state index contributed by atoms with van der Waals surface area (Å²) >= 11 is 0. The van der Waals surface area contributed by atoms with Crippen LogP contribution < -0.4 is 5.32 Å². The van der Waals surface area contributed by atoms with E-state index in [0.29, 0.717) is 0 Å². The Kier molecular flexibility index (Phi) is 1.13. The van der Waals surface area contributed by atoms with Crippen LogP contribution in [0.15, 0.2) is 23.9 Å². The van der Waals surface area contributed by atoms with Crippen LogP contribution in [-0.4, -0.2) is 5.91 Å². The third-order valence-electron chi connectivity index (χ3n) is 1.72. The molecule has 0 spiro atoms.